The lowest BCUT2D eigenvalue weighted by Gasteiger charge is -2.07. The fraction of sp³-hybridized carbons (Fsp3) is 0.200. The Kier molecular flexibility index (Phi) is 4.79. The minimum absolute atomic E-state index is 0.241. The lowest BCUT2D eigenvalue weighted by atomic mass is 10.1. The van der Waals surface area contributed by atoms with Crippen molar-refractivity contribution in [3.63, 3.8) is 0 Å². The molecule has 3 aromatic rings. The van der Waals surface area contributed by atoms with Gasteiger partial charge in [0, 0.05) is 5.38 Å². The highest BCUT2D eigenvalue weighted by atomic mass is 32.1. The molecule has 1 aromatic carbocycles. The van der Waals surface area contributed by atoms with Gasteiger partial charge in [0.2, 0.25) is 0 Å². The first-order valence-electron chi connectivity index (χ1n) is 8.71. The molecule has 1 aliphatic rings. The molecular formula is C20H17N3O4S. The first kappa shape index (κ1) is 18.1. The number of carboxylic acid groups (broad SMARTS) is 1. The highest BCUT2D eigenvalue weighted by Crippen LogP contribution is 2.48. The van der Waals surface area contributed by atoms with E-state index < -0.39 is 17.3 Å². The third kappa shape index (κ3) is 3.72. The number of hydrogen-bond donors (Lipinski definition) is 2. The van der Waals surface area contributed by atoms with Crippen molar-refractivity contribution in [2.24, 2.45) is 0 Å². The number of aliphatic carboxylic acids is 1. The molecular weight excluding hydrogens is 378 g/mol. The van der Waals surface area contributed by atoms with Crippen molar-refractivity contribution >= 4 is 28.3 Å². The highest BCUT2D eigenvalue weighted by molar-refractivity contribution is 7.14. The second kappa shape index (κ2) is 7.40. The monoisotopic (exact) mass is 395 g/mol. The zero-order valence-electron chi connectivity index (χ0n) is 14.8. The van der Waals surface area contributed by atoms with E-state index in [9.17, 15) is 14.7 Å². The van der Waals surface area contributed by atoms with Crippen molar-refractivity contribution < 1.29 is 19.4 Å². The third-order valence-electron chi connectivity index (χ3n) is 4.54. The first-order chi connectivity index (χ1) is 13.6. The van der Waals surface area contributed by atoms with Crippen LogP contribution in [0.15, 0.2) is 53.9 Å². The van der Waals surface area contributed by atoms with Crippen LogP contribution >= 0.6 is 11.3 Å². The zero-order chi connectivity index (χ0) is 19.6. The zero-order valence-corrected chi connectivity index (χ0v) is 15.6. The van der Waals surface area contributed by atoms with Gasteiger partial charge in [-0.25, -0.2) is 9.97 Å². The number of carbonyl (C=O) groups excluding carboxylic acids is 1. The topological polar surface area (TPSA) is 101 Å². The smallest absolute Gasteiger partial charge is 0.315 e. The number of carbonyl (C=O) groups is 2. The van der Waals surface area contributed by atoms with Crippen LogP contribution in [0.1, 0.15) is 34.7 Å². The standard InChI is InChI=1S/C20H17N3O4S/c24-17(23-19-22-16(12-28-19)20(9-10-20)18(25)26)15-8-4-5-13(21-15)11-27-14-6-2-1-3-7-14/h1-8,12H,9-11H2,(H,25,26)(H,22,23,24). The molecule has 0 aliphatic heterocycles. The molecule has 4 rings (SSSR count). The van der Waals surface area contributed by atoms with Gasteiger partial charge >= 0.3 is 5.97 Å². The number of thiazole rings is 1. The minimum atomic E-state index is -0.883. The number of pyridine rings is 1. The summed E-state index contributed by atoms with van der Waals surface area (Å²) in [6, 6.07) is 14.5. The quantitative estimate of drug-likeness (QED) is 0.635. The summed E-state index contributed by atoms with van der Waals surface area (Å²) in [7, 11) is 0. The molecule has 1 fully saturated rings. The van der Waals surface area contributed by atoms with Crippen molar-refractivity contribution in [3.05, 3.63) is 71.0 Å². The van der Waals surface area contributed by atoms with Crippen LogP contribution in [-0.2, 0) is 16.8 Å². The molecule has 1 saturated carbocycles. The summed E-state index contributed by atoms with van der Waals surface area (Å²) in [5, 5.41) is 14.1. The van der Waals surface area contributed by atoms with Gasteiger partial charge in [-0.15, -0.1) is 11.3 Å². The van der Waals surface area contributed by atoms with Crippen LogP contribution in [0.5, 0.6) is 5.75 Å². The number of amides is 1. The normalized spacial score (nSPS) is 14.3. The van der Waals surface area contributed by atoms with Crippen LogP contribution in [0, 0.1) is 0 Å². The van der Waals surface area contributed by atoms with E-state index in [0.29, 0.717) is 29.4 Å². The average Bonchev–Trinajstić information content (AvgIpc) is 3.41. The summed E-state index contributed by atoms with van der Waals surface area (Å²) in [5.74, 6) is -0.548. The predicted octanol–water partition coefficient (Wildman–Crippen LogP) is 3.49. The Labute approximate surface area is 165 Å². The summed E-state index contributed by atoms with van der Waals surface area (Å²) in [4.78, 5) is 32.5. The van der Waals surface area contributed by atoms with Gasteiger partial charge in [-0.05, 0) is 37.1 Å². The molecule has 8 heteroatoms. The van der Waals surface area contributed by atoms with Crippen LogP contribution in [0.3, 0.4) is 0 Å². The van der Waals surface area contributed by atoms with Crippen molar-refractivity contribution in [2.45, 2.75) is 24.9 Å². The van der Waals surface area contributed by atoms with Gasteiger partial charge in [-0.1, -0.05) is 24.3 Å². The number of aromatic nitrogens is 2. The van der Waals surface area contributed by atoms with Crippen molar-refractivity contribution in [1.29, 1.82) is 0 Å². The molecule has 2 N–H and O–H groups in total. The van der Waals surface area contributed by atoms with Crippen molar-refractivity contribution in [2.75, 3.05) is 5.32 Å². The summed E-state index contributed by atoms with van der Waals surface area (Å²) in [5.41, 5.74) is 0.481. The molecule has 0 saturated heterocycles. The largest absolute Gasteiger partial charge is 0.487 e. The Morgan fingerprint density at radius 2 is 1.89 bits per heavy atom. The number of anilines is 1. The number of nitrogens with zero attached hydrogens (tertiary/aromatic N) is 2. The second-order valence-electron chi connectivity index (χ2n) is 6.50. The van der Waals surface area contributed by atoms with Crippen LogP contribution in [0.2, 0.25) is 0 Å². The minimum Gasteiger partial charge on any atom is -0.487 e. The highest BCUT2D eigenvalue weighted by Gasteiger charge is 2.53. The molecule has 2 aromatic heterocycles. The molecule has 1 amide bonds. The number of benzene rings is 1. The Hall–Kier alpha value is -3.26. The lowest BCUT2D eigenvalue weighted by molar-refractivity contribution is -0.140. The van der Waals surface area contributed by atoms with Gasteiger partial charge in [-0.3, -0.25) is 14.9 Å². The van der Waals surface area contributed by atoms with Crippen molar-refractivity contribution in [1.82, 2.24) is 9.97 Å². The lowest BCUT2D eigenvalue weighted by Crippen LogP contribution is -2.20. The SMILES string of the molecule is O=C(Nc1nc(C2(C(=O)O)CC2)cs1)c1cccc(COc2ccccc2)n1. The van der Waals surface area contributed by atoms with Crippen LogP contribution in [0.25, 0.3) is 0 Å². The van der Waals surface area contributed by atoms with Gasteiger partial charge in [0.15, 0.2) is 5.13 Å². The van der Waals surface area contributed by atoms with Gasteiger partial charge in [-0.2, -0.15) is 0 Å². The Morgan fingerprint density at radius 1 is 1.11 bits per heavy atom. The van der Waals surface area contributed by atoms with E-state index in [-0.39, 0.29) is 12.3 Å². The molecule has 0 spiro atoms. The molecule has 1 aliphatic carbocycles. The molecule has 0 unspecified atom stereocenters. The second-order valence-corrected chi connectivity index (χ2v) is 7.35. The fourth-order valence-electron chi connectivity index (χ4n) is 2.78. The average molecular weight is 395 g/mol. The summed E-state index contributed by atoms with van der Waals surface area (Å²) in [6.45, 7) is 0.244. The van der Waals surface area contributed by atoms with Crippen LogP contribution < -0.4 is 10.1 Å². The van der Waals surface area contributed by atoms with E-state index in [1.165, 1.54) is 11.3 Å². The van der Waals surface area contributed by atoms with Gasteiger partial charge in [0.05, 0.1) is 11.4 Å². The Morgan fingerprint density at radius 3 is 2.61 bits per heavy atom. The van der Waals surface area contributed by atoms with E-state index in [1.807, 2.05) is 30.3 Å². The van der Waals surface area contributed by atoms with E-state index in [2.05, 4.69) is 15.3 Å². The van der Waals surface area contributed by atoms with E-state index in [0.717, 1.165) is 5.75 Å². The summed E-state index contributed by atoms with van der Waals surface area (Å²) >= 11 is 1.21. The Bertz CT molecular complexity index is 1020. The molecule has 0 bridgehead atoms. The molecule has 0 atom stereocenters. The van der Waals surface area contributed by atoms with Crippen LogP contribution in [0.4, 0.5) is 5.13 Å². The number of hydrogen-bond acceptors (Lipinski definition) is 6. The summed E-state index contributed by atoms with van der Waals surface area (Å²) in [6.07, 6.45) is 1.15. The van der Waals surface area contributed by atoms with Gasteiger partial charge < -0.3 is 9.84 Å². The molecule has 2 heterocycles. The maximum absolute atomic E-state index is 12.5. The van der Waals surface area contributed by atoms with E-state index in [1.54, 1.807) is 23.6 Å². The number of nitrogens with one attached hydrogen (secondary N) is 1. The number of carboxylic acids is 1. The summed E-state index contributed by atoms with van der Waals surface area (Å²) < 4.78 is 5.66. The molecule has 28 heavy (non-hydrogen) atoms. The molecule has 142 valence electrons. The number of para-hydroxylation sites is 1. The third-order valence-corrected chi connectivity index (χ3v) is 5.30. The van der Waals surface area contributed by atoms with Gasteiger partial charge in [0.25, 0.3) is 5.91 Å². The van der Waals surface area contributed by atoms with Crippen molar-refractivity contribution in [3.8, 4) is 5.75 Å². The molecule has 7 nitrogen and oxygen atoms in total. The number of ether oxygens (including phenoxy) is 1. The van der Waals surface area contributed by atoms with Crippen LogP contribution in [-0.4, -0.2) is 27.0 Å². The predicted molar refractivity (Wildman–Crippen MR) is 104 cm³/mol. The maximum atomic E-state index is 12.5. The Balaban J connectivity index is 1.41. The fourth-order valence-corrected chi connectivity index (χ4v) is 3.58. The van der Waals surface area contributed by atoms with E-state index >= 15 is 0 Å². The number of rotatable bonds is 7. The first-order valence-corrected chi connectivity index (χ1v) is 9.59. The van der Waals surface area contributed by atoms with E-state index in [4.69, 9.17) is 4.74 Å². The van der Waals surface area contributed by atoms with Gasteiger partial charge in [0.1, 0.15) is 23.5 Å². The molecule has 0 radical (unpaired) electrons. The maximum Gasteiger partial charge on any atom is 0.315 e.